The number of nitrogens with zero attached hydrogens (tertiary/aromatic N) is 5. The Morgan fingerprint density at radius 2 is 1.94 bits per heavy atom. The van der Waals surface area contributed by atoms with Gasteiger partial charge in [0, 0.05) is 25.7 Å². The maximum atomic E-state index is 13.9. The van der Waals surface area contributed by atoms with E-state index in [-0.39, 0.29) is 45.0 Å². The summed E-state index contributed by atoms with van der Waals surface area (Å²) in [6.45, 7) is 0. The molecule has 47 heavy (non-hydrogen) atoms. The Bertz CT molecular complexity index is 2010. The van der Waals surface area contributed by atoms with Crippen LogP contribution in [-0.4, -0.2) is 88.7 Å². The second-order valence-electron chi connectivity index (χ2n) is 10.4. The Balaban J connectivity index is 1.27. The summed E-state index contributed by atoms with van der Waals surface area (Å²) < 4.78 is 12.5. The molecule has 1 unspecified atom stereocenters. The van der Waals surface area contributed by atoms with Crippen LogP contribution in [0.5, 0.6) is 5.75 Å². The third-order valence-electron chi connectivity index (χ3n) is 7.59. The monoisotopic (exact) mass is 679 g/mol. The zero-order valence-corrected chi connectivity index (χ0v) is 26.2. The number of carbonyl (C=O) groups excluding carboxylic acids is 3. The number of thioether (sulfide) groups is 2. The second-order valence-corrected chi connectivity index (χ2v) is 12.4. The van der Waals surface area contributed by atoms with Crippen LogP contribution in [0.3, 0.4) is 0 Å². The van der Waals surface area contributed by atoms with Crippen molar-refractivity contribution in [2.75, 3.05) is 18.6 Å². The van der Waals surface area contributed by atoms with Crippen molar-refractivity contribution in [1.82, 2.24) is 35.7 Å². The first-order valence-electron chi connectivity index (χ1n) is 13.8. The van der Waals surface area contributed by atoms with Crippen molar-refractivity contribution in [3.63, 3.8) is 0 Å². The number of para-hydroxylation sites is 1. The van der Waals surface area contributed by atoms with Crippen molar-refractivity contribution in [3.05, 3.63) is 87.4 Å². The van der Waals surface area contributed by atoms with E-state index >= 15 is 0 Å². The number of rotatable bonds is 10. The van der Waals surface area contributed by atoms with E-state index < -0.39 is 46.3 Å². The first kappa shape index (κ1) is 31.8. The van der Waals surface area contributed by atoms with Gasteiger partial charge in [0.2, 0.25) is 16.5 Å². The SMILES string of the molecule is CO[C@@]1(NC(=O)C(NC(=O)c2coc3ccccc3c2=O)c2ccc(O)cc2)C(=O)N2C(C(=O)O)=C(CSc3nnnn3C)CS[C@H]21. The minimum absolute atomic E-state index is 0.108. The smallest absolute Gasteiger partial charge is 0.352 e. The maximum absolute atomic E-state index is 13.9. The fourth-order valence-corrected chi connectivity index (χ4v) is 7.64. The normalized spacial score (nSPS) is 19.6. The first-order chi connectivity index (χ1) is 22.6. The molecule has 18 heteroatoms. The molecule has 0 spiro atoms. The number of aromatic hydroxyl groups is 1. The Morgan fingerprint density at radius 3 is 2.62 bits per heavy atom. The fraction of sp³-hybridized carbons (Fsp3) is 0.241. The number of ether oxygens (including phenoxy) is 1. The molecule has 3 amide bonds. The molecule has 4 aromatic rings. The van der Waals surface area contributed by atoms with Crippen molar-refractivity contribution in [2.24, 2.45) is 7.05 Å². The number of carboxylic acid groups (broad SMARTS) is 1. The van der Waals surface area contributed by atoms with Gasteiger partial charge in [-0.05, 0) is 45.8 Å². The highest BCUT2D eigenvalue weighted by Gasteiger charge is 2.67. The average molecular weight is 680 g/mol. The van der Waals surface area contributed by atoms with Gasteiger partial charge >= 0.3 is 5.97 Å². The van der Waals surface area contributed by atoms with Gasteiger partial charge in [-0.2, -0.15) is 0 Å². The van der Waals surface area contributed by atoms with Crippen LogP contribution in [0.4, 0.5) is 0 Å². The van der Waals surface area contributed by atoms with Crippen LogP contribution < -0.4 is 16.1 Å². The summed E-state index contributed by atoms with van der Waals surface area (Å²) in [5.41, 5.74) is -2.30. The molecule has 1 fully saturated rings. The number of phenols is 1. The number of aryl methyl sites for hydroxylation is 1. The van der Waals surface area contributed by atoms with Gasteiger partial charge in [0.15, 0.2) is 0 Å². The molecule has 1 saturated heterocycles. The molecule has 2 aromatic carbocycles. The summed E-state index contributed by atoms with van der Waals surface area (Å²) in [6, 6.07) is 10.2. The third kappa shape index (κ3) is 5.59. The number of methoxy groups -OCH3 is 1. The summed E-state index contributed by atoms with van der Waals surface area (Å²) in [7, 11) is 2.83. The van der Waals surface area contributed by atoms with Gasteiger partial charge in [0.1, 0.15) is 40.3 Å². The number of nitrogens with one attached hydrogen (secondary N) is 2. The number of aromatic nitrogens is 4. The summed E-state index contributed by atoms with van der Waals surface area (Å²) in [5.74, 6) is -3.75. The highest BCUT2D eigenvalue weighted by Crippen LogP contribution is 2.47. The van der Waals surface area contributed by atoms with Gasteiger partial charge in [-0.1, -0.05) is 36.0 Å². The standard InChI is InChI=1S/C29H25N7O9S2/c1-35-28(32-33-34-35)47-13-15-12-46-27-29(44-2,26(43)36(27)21(15)25(41)42)31-24(40)20(14-7-9-16(37)10-8-14)30-23(39)18-11-45-19-6-4-3-5-17(19)22(18)38/h3-11,20,27,37H,12-13H2,1-2H3,(H,30,39)(H,31,40)(H,41,42)/t20?,27-,29-/m0/s1. The zero-order chi connectivity index (χ0) is 33.5. The van der Waals surface area contributed by atoms with Gasteiger partial charge in [0.05, 0.1) is 5.39 Å². The molecule has 16 nitrogen and oxygen atoms in total. The highest BCUT2D eigenvalue weighted by atomic mass is 32.2. The van der Waals surface area contributed by atoms with Crippen LogP contribution in [0.1, 0.15) is 22.0 Å². The number of hydrogen-bond acceptors (Lipinski definition) is 13. The van der Waals surface area contributed by atoms with Gasteiger partial charge in [-0.15, -0.1) is 16.9 Å². The van der Waals surface area contributed by atoms with E-state index in [0.717, 1.165) is 11.2 Å². The minimum Gasteiger partial charge on any atom is -0.508 e. The molecule has 0 bridgehead atoms. The molecule has 2 aromatic heterocycles. The molecule has 2 aliphatic rings. The molecule has 3 atom stereocenters. The number of fused-ring (bicyclic) bond motifs is 2. The summed E-state index contributed by atoms with van der Waals surface area (Å²) >= 11 is 2.38. The second kappa shape index (κ2) is 12.5. The number of benzene rings is 2. The molecule has 242 valence electrons. The van der Waals surface area contributed by atoms with Gasteiger partial charge in [0.25, 0.3) is 17.5 Å². The Kier molecular flexibility index (Phi) is 8.47. The molecular weight excluding hydrogens is 654 g/mol. The van der Waals surface area contributed by atoms with Crippen LogP contribution >= 0.6 is 23.5 Å². The molecule has 4 heterocycles. The Hall–Kier alpha value is -5.20. The lowest BCUT2D eigenvalue weighted by Crippen LogP contribution is -2.81. The fourth-order valence-electron chi connectivity index (χ4n) is 5.22. The number of phenolic OH excluding ortho intramolecular Hbond substituents is 1. The topological polar surface area (TPSA) is 219 Å². The quantitative estimate of drug-likeness (QED) is 0.104. The number of hydrogen-bond donors (Lipinski definition) is 4. The Labute approximate surface area is 273 Å². The van der Waals surface area contributed by atoms with Gasteiger partial charge < -0.3 is 30.0 Å². The number of β-lactam (4-membered cyclic amide) rings is 1. The number of carboxylic acids is 1. The average Bonchev–Trinajstić information content (AvgIpc) is 3.49. The predicted molar refractivity (Wildman–Crippen MR) is 166 cm³/mol. The molecule has 0 aliphatic carbocycles. The molecular formula is C29H25N7O9S2. The minimum atomic E-state index is -1.99. The van der Waals surface area contributed by atoms with E-state index in [1.54, 1.807) is 25.2 Å². The highest BCUT2D eigenvalue weighted by molar-refractivity contribution is 8.01. The van der Waals surface area contributed by atoms with Crippen LogP contribution in [0.2, 0.25) is 0 Å². The van der Waals surface area contributed by atoms with Crippen molar-refractivity contribution in [3.8, 4) is 5.75 Å². The number of amides is 3. The lowest BCUT2D eigenvalue weighted by molar-refractivity contribution is -0.192. The predicted octanol–water partition coefficient (Wildman–Crippen LogP) is 0.998. The van der Waals surface area contributed by atoms with E-state index in [1.165, 1.54) is 65.6 Å². The number of carbonyl (C=O) groups is 4. The lowest BCUT2D eigenvalue weighted by atomic mass is 9.96. The van der Waals surface area contributed by atoms with Crippen LogP contribution in [0, 0.1) is 0 Å². The molecule has 0 saturated carbocycles. The molecule has 4 N–H and O–H groups in total. The third-order valence-corrected chi connectivity index (χ3v) is 10.1. The number of tetrazole rings is 1. The molecule has 2 aliphatic heterocycles. The van der Waals surface area contributed by atoms with Crippen molar-refractivity contribution >= 4 is 58.2 Å². The van der Waals surface area contributed by atoms with Crippen molar-refractivity contribution in [1.29, 1.82) is 0 Å². The maximum Gasteiger partial charge on any atom is 0.352 e. The van der Waals surface area contributed by atoms with Crippen molar-refractivity contribution < 1.29 is 38.5 Å². The molecule has 6 rings (SSSR count). The zero-order valence-electron chi connectivity index (χ0n) is 24.6. The van der Waals surface area contributed by atoms with E-state index in [9.17, 15) is 34.2 Å². The van der Waals surface area contributed by atoms with Crippen LogP contribution in [0.15, 0.2) is 80.4 Å². The van der Waals surface area contributed by atoms with Crippen LogP contribution in [-0.2, 0) is 26.2 Å². The Morgan fingerprint density at radius 1 is 1.19 bits per heavy atom. The van der Waals surface area contributed by atoms with E-state index in [2.05, 4.69) is 26.2 Å². The van der Waals surface area contributed by atoms with E-state index in [1.807, 2.05) is 0 Å². The first-order valence-corrected chi connectivity index (χ1v) is 15.8. The summed E-state index contributed by atoms with van der Waals surface area (Å²) in [4.78, 5) is 67.6. The summed E-state index contributed by atoms with van der Waals surface area (Å²) in [5, 5.41) is 35.9. The lowest BCUT2D eigenvalue weighted by Gasteiger charge is -2.56. The van der Waals surface area contributed by atoms with Gasteiger partial charge in [-0.3, -0.25) is 24.1 Å². The van der Waals surface area contributed by atoms with E-state index in [0.29, 0.717) is 10.7 Å². The number of aliphatic carboxylic acids is 1. The largest absolute Gasteiger partial charge is 0.508 e. The van der Waals surface area contributed by atoms with E-state index in [4.69, 9.17) is 9.15 Å². The van der Waals surface area contributed by atoms with Gasteiger partial charge in [-0.25, -0.2) is 9.48 Å². The van der Waals surface area contributed by atoms with Crippen molar-refractivity contribution in [2.45, 2.75) is 22.3 Å². The molecule has 0 radical (unpaired) electrons. The van der Waals surface area contributed by atoms with Crippen LogP contribution in [0.25, 0.3) is 11.0 Å². The summed E-state index contributed by atoms with van der Waals surface area (Å²) in [6.07, 6.45) is 0.991.